The molecule has 11 rings (SSSR count). The lowest BCUT2D eigenvalue weighted by Crippen LogP contribution is -2.00. The van der Waals surface area contributed by atoms with E-state index in [1.165, 1.54) is 30.9 Å². The van der Waals surface area contributed by atoms with Crippen molar-refractivity contribution < 1.29 is 4.42 Å². The van der Waals surface area contributed by atoms with Crippen LogP contribution in [0.2, 0.25) is 0 Å². The average molecular weight is 682 g/mol. The summed E-state index contributed by atoms with van der Waals surface area (Å²) in [5, 5.41) is 9.11. The molecule has 0 atom stereocenters. The molecule has 0 radical (unpaired) electrons. The number of furan rings is 1. The maximum atomic E-state index is 6.67. The van der Waals surface area contributed by atoms with Gasteiger partial charge in [-0.2, -0.15) is 0 Å². The molecule has 0 amide bonds. The Bertz CT molecular complexity index is 3200. The van der Waals surface area contributed by atoms with E-state index in [1.807, 2.05) is 18.2 Å². The van der Waals surface area contributed by atoms with Crippen LogP contribution in [0.5, 0.6) is 0 Å². The Morgan fingerprint density at radius 3 is 1.90 bits per heavy atom. The minimum Gasteiger partial charge on any atom is -0.456 e. The van der Waals surface area contributed by atoms with E-state index >= 15 is 0 Å². The topological polar surface area (TPSA) is 51.8 Å². The van der Waals surface area contributed by atoms with Gasteiger partial charge in [-0.3, -0.25) is 0 Å². The zero-order chi connectivity index (χ0) is 34.2. The van der Waals surface area contributed by atoms with Gasteiger partial charge in [0.2, 0.25) is 0 Å². The van der Waals surface area contributed by atoms with Crippen LogP contribution in [-0.2, 0) is 0 Å². The molecule has 0 bridgehead atoms. The third-order valence-electron chi connectivity index (χ3n) is 10.1. The van der Waals surface area contributed by atoms with Crippen LogP contribution in [0, 0.1) is 0 Å². The van der Waals surface area contributed by atoms with Gasteiger partial charge in [-0.15, -0.1) is 11.3 Å². The molecule has 52 heavy (non-hydrogen) atoms. The molecule has 11 aromatic rings. The minimum absolute atomic E-state index is 0.605. The first-order valence-corrected chi connectivity index (χ1v) is 18.2. The number of aromatic nitrogens is 3. The van der Waals surface area contributed by atoms with E-state index in [1.54, 1.807) is 11.3 Å². The molecular formula is C47H27N3OS. The molecule has 0 saturated heterocycles. The van der Waals surface area contributed by atoms with E-state index in [9.17, 15) is 0 Å². The summed E-state index contributed by atoms with van der Waals surface area (Å²) < 4.78 is 9.18. The third kappa shape index (κ3) is 4.57. The van der Waals surface area contributed by atoms with Crippen molar-refractivity contribution in [3.05, 3.63) is 164 Å². The van der Waals surface area contributed by atoms with Crippen LogP contribution in [0.15, 0.2) is 168 Å². The number of rotatable bonds is 4. The van der Waals surface area contributed by atoms with Crippen LogP contribution in [0.4, 0.5) is 0 Å². The van der Waals surface area contributed by atoms with Gasteiger partial charge in [-0.05, 0) is 75.1 Å². The molecule has 0 unspecified atom stereocenters. The summed E-state index contributed by atoms with van der Waals surface area (Å²) in [7, 11) is 0. The van der Waals surface area contributed by atoms with E-state index in [0.29, 0.717) is 17.5 Å². The fraction of sp³-hybridized carbons (Fsp3) is 0. The van der Waals surface area contributed by atoms with Crippen LogP contribution in [0.25, 0.3) is 109 Å². The molecule has 0 aliphatic heterocycles. The van der Waals surface area contributed by atoms with Crippen molar-refractivity contribution in [3.8, 4) is 45.3 Å². The predicted molar refractivity (Wildman–Crippen MR) is 217 cm³/mol. The second-order valence-corrected chi connectivity index (χ2v) is 14.3. The normalized spacial score (nSPS) is 11.8. The Kier molecular flexibility index (Phi) is 6.39. The van der Waals surface area contributed by atoms with Crippen molar-refractivity contribution in [2.24, 2.45) is 0 Å². The van der Waals surface area contributed by atoms with E-state index in [-0.39, 0.29) is 0 Å². The Hall–Kier alpha value is -6.69. The van der Waals surface area contributed by atoms with Gasteiger partial charge in [0.05, 0.1) is 0 Å². The van der Waals surface area contributed by atoms with Crippen LogP contribution in [0.1, 0.15) is 0 Å². The van der Waals surface area contributed by atoms with E-state index in [2.05, 4.69) is 146 Å². The Balaban J connectivity index is 1.19. The van der Waals surface area contributed by atoms with E-state index in [4.69, 9.17) is 19.4 Å². The SMILES string of the molecule is c1ccc(-c2cc3oc4cccc(-c5nc(-c6ccc7ccccc7c6)nc(-c6ccc7sc8ccccc8c7c6)n5)c4c3c3ccccc23)cc1. The number of hydrogen-bond donors (Lipinski definition) is 0. The summed E-state index contributed by atoms with van der Waals surface area (Å²) >= 11 is 1.81. The Labute approximate surface area is 302 Å². The van der Waals surface area contributed by atoms with E-state index < -0.39 is 0 Å². The molecule has 3 aromatic heterocycles. The number of thiophene rings is 1. The molecule has 3 heterocycles. The van der Waals surface area contributed by atoms with Crippen molar-refractivity contribution in [1.29, 1.82) is 0 Å². The molecule has 0 spiro atoms. The molecule has 0 aliphatic rings. The van der Waals surface area contributed by atoms with Crippen LogP contribution >= 0.6 is 11.3 Å². The quantitative estimate of drug-likeness (QED) is 0.185. The summed E-state index contributed by atoms with van der Waals surface area (Å²) in [4.78, 5) is 15.6. The summed E-state index contributed by atoms with van der Waals surface area (Å²) in [6.45, 7) is 0. The number of fused-ring (bicyclic) bond motifs is 9. The van der Waals surface area contributed by atoms with Gasteiger partial charge in [-0.25, -0.2) is 15.0 Å². The number of hydrogen-bond acceptors (Lipinski definition) is 5. The van der Waals surface area contributed by atoms with E-state index in [0.717, 1.165) is 60.5 Å². The highest BCUT2D eigenvalue weighted by Gasteiger charge is 2.21. The van der Waals surface area contributed by atoms with Gasteiger partial charge in [0.25, 0.3) is 0 Å². The molecule has 0 N–H and O–H groups in total. The highest BCUT2D eigenvalue weighted by Crippen LogP contribution is 2.43. The average Bonchev–Trinajstić information content (AvgIpc) is 3.79. The second kappa shape index (κ2) is 11.4. The first-order chi connectivity index (χ1) is 25.7. The molecule has 5 heteroatoms. The second-order valence-electron chi connectivity index (χ2n) is 13.2. The van der Waals surface area contributed by atoms with Crippen molar-refractivity contribution in [1.82, 2.24) is 15.0 Å². The van der Waals surface area contributed by atoms with Crippen molar-refractivity contribution in [2.75, 3.05) is 0 Å². The molecule has 0 fully saturated rings. The fourth-order valence-electron chi connectivity index (χ4n) is 7.67. The summed E-state index contributed by atoms with van der Waals surface area (Å²) in [6, 6.07) is 57.4. The maximum absolute atomic E-state index is 6.67. The van der Waals surface area contributed by atoms with Crippen LogP contribution in [-0.4, -0.2) is 15.0 Å². The summed E-state index contributed by atoms with van der Waals surface area (Å²) in [5.41, 5.74) is 6.71. The molecule has 242 valence electrons. The van der Waals surface area contributed by atoms with Gasteiger partial charge >= 0.3 is 0 Å². The number of nitrogens with zero attached hydrogens (tertiary/aromatic N) is 3. The molecule has 4 nitrogen and oxygen atoms in total. The first-order valence-electron chi connectivity index (χ1n) is 17.3. The number of benzene rings is 8. The monoisotopic (exact) mass is 681 g/mol. The third-order valence-corrected chi connectivity index (χ3v) is 11.3. The zero-order valence-electron chi connectivity index (χ0n) is 27.7. The van der Waals surface area contributed by atoms with Crippen LogP contribution in [0.3, 0.4) is 0 Å². The molecule has 0 aliphatic carbocycles. The molecular weight excluding hydrogens is 655 g/mol. The Morgan fingerprint density at radius 1 is 0.365 bits per heavy atom. The lowest BCUT2D eigenvalue weighted by atomic mass is 9.94. The highest BCUT2D eigenvalue weighted by molar-refractivity contribution is 7.25. The molecule has 0 saturated carbocycles. The summed E-state index contributed by atoms with van der Waals surface area (Å²) in [5.74, 6) is 1.86. The highest BCUT2D eigenvalue weighted by atomic mass is 32.1. The van der Waals surface area contributed by atoms with Crippen molar-refractivity contribution in [2.45, 2.75) is 0 Å². The predicted octanol–water partition coefficient (Wildman–Crippen LogP) is 13.1. The lowest BCUT2D eigenvalue weighted by molar-refractivity contribution is 0.669. The van der Waals surface area contributed by atoms with Crippen molar-refractivity contribution >= 4 is 75.0 Å². The van der Waals surface area contributed by atoms with Gasteiger partial charge < -0.3 is 4.42 Å². The molecule has 8 aromatic carbocycles. The smallest absolute Gasteiger partial charge is 0.164 e. The zero-order valence-corrected chi connectivity index (χ0v) is 28.6. The standard InChI is InChI=1S/C47H27N3OS/c1-2-12-29(13-3-1)37-27-40-43(35-17-7-6-15-33(35)37)44-36(18-10-19-39(44)51-40)47-49-45(31-22-21-28-11-4-5-14-30(28)25-31)48-46(50-47)32-23-24-42-38(26-32)34-16-8-9-20-41(34)52-42/h1-27H. The lowest BCUT2D eigenvalue weighted by Gasteiger charge is -2.11. The largest absolute Gasteiger partial charge is 0.456 e. The summed E-state index contributed by atoms with van der Waals surface area (Å²) in [6.07, 6.45) is 0. The van der Waals surface area contributed by atoms with Crippen molar-refractivity contribution in [3.63, 3.8) is 0 Å². The fourth-order valence-corrected chi connectivity index (χ4v) is 8.76. The Morgan fingerprint density at radius 2 is 1.04 bits per heavy atom. The maximum Gasteiger partial charge on any atom is 0.164 e. The van der Waals surface area contributed by atoms with Gasteiger partial charge in [0, 0.05) is 47.6 Å². The minimum atomic E-state index is 0.605. The van der Waals surface area contributed by atoms with Crippen LogP contribution < -0.4 is 0 Å². The van der Waals surface area contributed by atoms with Gasteiger partial charge in [0.1, 0.15) is 11.2 Å². The first kappa shape index (κ1) is 29.1. The van der Waals surface area contributed by atoms with Gasteiger partial charge in [0.15, 0.2) is 17.5 Å². The van der Waals surface area contributed by atoms with Gasteiger partial charge in [-0.1, -0.05) is 121 Å².